The molecule has 0 radical (unpaired) electrons. The van der Waals surface area contributed by atoms with Crippen LogP contribution in [-0.4, -0.2) is 53.5 Å². The molecule has 7 heteroatoms. The fourth-order valence-corrected chi connectivity index (χ4v) is 0.552. The summed E-state index contributed by atoms with van der Waals surface area (Å²) < 4.78 is 15.1. The van der Waals surface area contributed by atoms with Gasteiger partial charge in [-0.2, -0.15) is 0 Å². The number of ether oxygens (including phenoxy) is 1. The van der Waals surface area contributed by atoms with Crippen LogP contribution < -0.4 is 0 Å². The predicted octanol–water partition coefficient (Wildman–Crippen LogP) is 0.704. The van der Waals surface area contributed by atoms with Gasteiger partial charge in [0.05, 0.1) is 27.4 Å². The van der Waals surface area contributed by atoms with Crippen LogP contribution in [0.4, 0.5) is 0 Å². The molecular formula is C9H23NO5P+. The molecule has 0 unspecified atom stereocenters. The number of phosphoric acid groups is 1. The van der Waals surface area contributed by atoms with Gasteiger partial charge < -0.3 is 23.9 Å². The van der Waals surface area contributed by atoms with Crippen molar-refractivity contribution in [2.75, 3.05) is 34.3 Å². The van der Waals surface area contributed by atoms with Crippen molar-refractivity contribution in [1.29, 1.82) is 0 Å². The van der Waals surface area contributed by atoms with Gasteiger partial charge in [-0.15, -0.1) is 0 Å². The monoisotopic (exact) mass is 256 g/mol. The summed E-state index contributed by atoms with van der Waals surface area (Å²) in [6, 6.07) is 0. The van der Waals surface area contributed by atoms with Crippen LogP contribution in [0.15, 0.2) is 11.8 Å². The van der Waals surface area contributed by atoms with Crippen molar-refractivity contribution in [1.82, 2.24) is 0 Å². The van der Waals surface area contributed by atoms with E-state index >= 15 is 0 Å². The van der Waals surface area contributed by atoms with Crippen molar-refractivity contribution in [3.05, 3.63) is 11.8 Å². The number of likely N-dealkylation sites (N-methyl/N-ethyl adjacent to an activating group) is 1. The maximum atomic E-state index is 8.88. The Hall–Kier alpha value is -0.390. The maximum absolute atomic E-state index is 8.88. The molecule has 0 aliphatic heterocycles. The molecule has 16 heavy (non-hydrogen) atoms. The van der Waals surface area contributed by atoms with Crippen LogP contribution >= 0.6 is 7.82 Å². The fraction of sp³-hybridized carbons (Fsp3) is 0.778. The summed E-state index contributed by atoms with van der Waals surface area (Å²) >= 11 is 0. The molecule has 0 aromatic rings. The summed E-state index contributed by atoms with van der Waals surface area (Å²) in [4.78, 5) is 21.6. The Morgan fingerprint density at radius 3 is 1.88 bits per heavy atom. The van der Waals surface area contributed by atoms with Crippen LogP contribution in [0.1, 0.15) is 13.8 Å². The van der Waals surface area contributed by atoms with Crippen molar-refractivity contribution in [2.45, 2.75) is 13.8 Å². The Kier molecular flexibility index (Phi) is 8.78. The van der Waals surface area contributed by atoms with E-state index in [2.05, 4.69) is 21.1 Å². The van der Waals surface area contributed by atoms with E-state index in [0.29, 0.717) is 0 Å². The highest BCUT2D eigenvalue weighted by Crippen LogP contribution is 2.25. The Morgan fingerprint density at radius 2 is 1.62 bits per heavy atom. The molecule has 98 valence electrons. The minimum atomic E-state index is -4.64. The first-order chi connectivity index (χ1) is 6.92. The zero-order chi connectivity index (χ0) is 13.4. The number of rotatable bonds is 4. The zero-order valence-electron chi connectivity index (χ0n) is 10.5. The third-order valence-corrected chi connectivity index (χ3v) is 1.20. The molecule has 0 bridgehead atoms. The van der Waals surface area contributed by atoms with Gasteiger partial charge in [-0.25, -0.2) is 4.57 Å². The summed E-state index contributed by atoms with van der Waals surface area (Å²) in [5.41, 5.74) is 1.21. The average molecular weight is 256 g/mol. The largest absolute Gasteiger partial charge is 0.495 e. The van der Waals surface area contributed by atoms with Gasteiger partial charge in [0, 0.05) is 0 Å². The summed E-state index contributed by atoms with van der Waals surface area (Å²) in [5.74, 6) is 0. The van der Waals surface area contributed by atoms with Crippen LogP contribution in [0.2, 0.25) is 0 Å². The van der Waals surface area contributed by atoms with Crippen molar-refractivity contribution >= 4 is 7.82 Å². The standard InChI is InChI=1S/C9H20NO.H3O4P/c1-9(2)8-11-7-6-10(3,4)5;1-5(2,3)4/h8H,6-7H2,1-5H3;(H3,1,2,3,4)/q+1;. The third-order valence-electron chi connectivity index (χ3n) is 1.20. The molecule has 0 amide bonds. The lowest BCUT2D eigenvalue weighted by atomic mass is 10.4. The van der Waals surface area contributed by atoms with Gasteiger partial charge in [-0.3, -0.25) is 0 Å². The van der Waals surface area contributed by atoms with E-state index in [4.69, 9.17) is 24.0 Å². The van der Waals surface area contributed by atoms with E-state index in [1.807, 2.05) is 20.1 Å². The lowest BCUT2D eigenvalue weighted by Gasteiger charge is -2.23. The lowest BCUT2D eigenvalue weighted by molar-refractivity contribution is -0.870. The molecule has 0 spiro atoms. The molecule has 0 aromatic heterocycles. The van der Waals surface area contributed by atoms with Gasteiger partial charge in [0.25, 0.3) is 0 Å². The highest BCUT2D eigenvalue weighted by Gasteiger charge is 2.04. The Balaban J connectivity index is 0. The first kappa shape index (κ1) is 18.0. The second-order valence-corrected chi connectivity index (χ2v) is 5.62. The highest BCUT2D eigenvalue weighted by molar-refractivity contribution is 7.45. The van der Waals surface area contributed by atoms with Gasteiger partial charge in [-0.1, -0.05) is 0 Å². The van der Waals surface area contributed by atoms with Crippen molar-refractivity contribution < 1.29 is 28.5 Å². The quantitative estimate of drug-likeness (QED) is 0.298. The Labute approximate surface area is 97.0 Å². The number of nitrogens with zero attached hydrogens (tertiary/aromatic N) is 1. The van der Waals surface area contributed by atoms with Crippen LogP contribution in [0, 0.1) is 0 Å². The van der Waals surface area contributed by atoms with E-state index in [-0.39, 0.29) is 0 Å². The SMILES string of the molecule is CC(C)=COCC[N+](C)(C)C.O=P(O)(O)O. The number of allylic oxidation sites excluding steroid dienone is 1. The number of hydrogen-bond acceptors (Lipinski definition) is 2. The van der Waals surface area contributed by atoms with Crippen LogP contribution in [0.3, 0.4) is 0 Å². The summed E-state index contributed by atoms with van der Waals surface area (Å²) in [6.45, 7) is 5.91. The normalized spacial score (nSPS) is 11.2. The fourth-order valence-electron chi connectivity index (χ4n) is 0.552. The Morgan fingerprint density at radius 1 is 1.25 bits per heavy atom. The number of hydrogen-bond donors (Lipinski definition) is 3. The second kappa shape index (κ2) is 7.81. The van der Waals surface area contributed by atoms with Gasteiger partial charge in [-0.05, 0) is 19.4 Å². The van der Waals surface area contributed by atoms with Crippen LogP contribution in [0.25, 0.3) is 0 Å². The zero-order valence-corrected chi connectivity index (χ0v) is 11.4. The lowest BCUT2D eigenvalue weighted by Crippen LogP contribution is -2.37. The van der Waals surface area contributed by atoms with Crippen molar-refractivity contribution in [3.63, 3.8) is 0 Å². The van der Waals surface area contributed by atoms with Crippen LogP contribution in [-0.2, 0) is 9.30 Å². The first-order valence-electron chi connectivity index (χ1n) is 4.75. The van der Waals surface area contributed by atoms with E-state index in [1.54, 1.807) is 0 Å². The van der Waals surface area contributed by atoms with E-state index in [1.165, 1.54) is 5.57 Å². The molecular weight excluding hydrogens is 233 g/mol. The molecule has 0 heterocycles. The summed E-state index contributed by atoms with van der Waals surface area (Å²) in [5, 5.41) is 0. The molecule has 3 N–H and O–H groups in total. The summed E-state index contributed by atoms with van der Waals surface area (Å²) in [7, 11) is 1.84. The molecule has 0 rings (SSSR count). The van der Waals surface area contributed by atoms with E-state index < -0.39 is 7.82 Å². The molecule has 0 aliphatic carbocycles. The minimum Gasteiger partial charge on any atom is -0.495 e. The predicted molar refractivity (Wildman–Crippen MR) is 62.5 cm³/mol. The van der Waals surface area contributed by atoms with E-state index in [9.17, 15) is 0 Å². The van der Waals surface area contributed by atoms with Gasteiger partial charge >= 0.3 is 7.82 Å². The van der Waals surface area contributed by atoms with Gasteiger partial charge in [0.1, 0.15) is 13.2 Å². The Bertz CT molecular complexity index is 241. The first-order valence-corrected chi connectivity index (χ1v) is 6.32. The molecule has 0 saturated heterocycles. The molecule has 0 aliphatic rings. The average Bonchev–Trinajstić information content (AvgIpc) is 1.92. The smallest absolute Gasteiger partial charge is 0.466 e. The topological polar surface area (TPSA) is 87.0 Å². The summed E-state index contributed by atoms with van der Waals surface area (Å²) in [6.07, 6.45) is 1.82. The molecule has 0 fully saturated rings. The second-order valence-electron chi connectivity index (χ2n) is 4.59. The van der Waals surface area contributed by atoms with Crippen molar-refractivity contribution in [2.24, 2.45) is 0 Å². The molecule has 0 saturated carbocycles. The number of quaternary nitrogens is 1. The minimum absolute atomic E-state index is 0.800. The van der Waals surface area contributed by atoms with Gasteiger partial charge in [0.15, 0.2) is 0 Å². The highest BCUT2D eigenvalue weighted by atomic mass is 31.2. The van der Waals surface area contributed by atoms with E-state index in [0.717, 1.165) is 17.6 Å². The molecule has 0 atom stereocenters. The van der Waals surface area contributed by atoms with Crippen LogP contribution in [0.5, 0.6) is 0 Å². The molecule has 6 nitrogen and oxygen atoms in total. The third kappa shape index (κ3) is 37.4. The van der Waals surface area contributed by atoms with Crippen molar-refractivity contribution in [3.8, 4) is 0 Å². The van der Waals surface area contributed by atoms with Gasteiger partial charge in [0.2, 0.25) is 0 Å². The maximum Gasteiger partial charge on any atom is 0.466 e. The molecule has 0 aromatic carbocycles.